The van der Waals surface area contributed by atoms with Gasteiger partial charge in [-0.3, -0.25) is 24.0 Å². The number of anilines is 1. The molecule has 0 saturated heterocycles. The Morgan fingerprint density at radius 3 is 2.33 bits per heavy atom. The third-order valence-electron chi connectivity index (χ3n) is 6.51. The summed E-state index contributed by atoms with van der Waals surface area (Å²) in [5, 5.41) is 15.0. The fourth-order valence-electron chi connectivity index (χ4n) is 4.27. The average molecular weight is 636 g/mol. The summed E-state index contributed by atoms with van der Waals surface area (Å²) in [5.41, 5.74) is 0.0770. The smallest absolute Gasteiger partial charge is 0.271 e. The lowest BCUT2D eigenvalue weighted by Gasteiger charge is -2.33. The minimum absolute atomic E-state index is 0.0775. The number of rotatable bonds is 14. The lowest BCUT2D eigenvalue weighted by atomic mass is 10.1. The van der Waals surface area contributed by atoms with Gasteiger partial charge in [-0.1, -0.05) is 73.8 Å². The van der Waals surface area contributed by atoms with Gasteiger partial charge < -0.3 is 10.2 Å². The first kappa shape index (κ1) is 32.8. The van der Waals surface area contributed by atoms with Crippen molar-refractivity contribution in [2.45, 2.75) is 50.6 Å². The Hall–Kier alpha value is -3.67. The largest absolute Gasteiger partial charge is 0.354 e. The molecule has 0 aromatic heterocycles. The van der Waals surface area contributed by atoms with Crippen LogP contribution in [-0.4, -0.2) is 49.2 Å². The second-order valence-electron chi connectivity index (χ2n) is 9.43. The van der Waals surface area contributed by atoms with E-state index in [9.17, 15) is 28.1 Å². The third-order valence-corrected chi connectivity index (χ3v) is 8.88. The van der Waals surface area contributed by atoms with Gasteiger partial charge in [0.1, 0.15) is 12.6 Å². The van der Waals surface area contributed by atoms with E-state index in [4.69, 9.17) is 23.2 Å². The Labute approximate surface area is 255 Å². The summed E-state index contributed by atoms with van der Waals surface area (Å²) in [5.74, 6) is -1.10. The molecular formula is C29H32Cl2N4O6S. The normalized spacial score (nSPS) is 11.9. The van der Waals surface area contributed by atoms with E-state index >= 15 is 0 Å². The maximum atomic E-state index is 14.1. The van der Waals surface area contributed by atoms with Crippen molar-refractivity contribution < 1.29 is 22.9 Å². The van der Waals surface area contributed by atoms with E-state index < -0.39 is 39.3 Å². The molecule has 0 aliphatic rings. The van der Waals surface area contributed by atoms with Gasteiger partial charge in [0.25, 0.3) is 15.7 Å². The van der Waals surface area contributed by atoms with Gasteiger partial charge in [0.15, 0.2) is 0 Å². The Balaban J connectivity index is 2.09. The van der Waals surface area contributed by atoms with E-state index in [2.05, 4.69) is 5.32 Å². The second kappa shape index (κ2) is 15.0. The van der Waals surface area contributed by atoms with Gasteiger partial charge in [-0.2, -0.15) is 0 Å². The molecule has 13 heteroatoms. The molecule has 0 aliphatic heterocycles. The summed E-state index contributed by atoms with van der Waals surface area (Å²) in [6, 6.07) is 16.2. The van der Waals surface area contributed by atoms with Gasteiger partial charge in [-0.25, -0.2) is 8.42 Å². The summed E-state index contributed by atoms with van der Waals surface area (Å²) in [4.78, 5) is 39.3. The number of benzene rings is 3. The summed E-state index contributed by atoms with van der Waals surface area (Å²) in [7, 11) is -4.36. The van der Waals surface area contributed by atoms with Crippen LogP contribution in [0.5, 0.6) is 0 Å². The van der Waals surface area contributed by atoms with E-state index in [1.165, 1.54) is 53.4 Å². The zero-order chi connectivity index (χ0) is 30.9. The zero-order valence-electron chi connectivity index (χ0n) is 23.2. The number of non-ortho nitro benzene ring substituents is 1. The van der Waals surface area contributed by atoms with Crippen LogP contribution in [0.15, 0.2) is 77.7 Å². The van der Waals surface area contributed by atoms with Crippen LogP contribution >= 0.6 is 23.2 Å². The second-order valence-corrected chi connectivity index (χ2v) is 12.1. The first-order valence-corrected chi connectivity index (χ1v) is 15.5. The van der Waals surface area contributed by atoms with E-state index in [0.717, 1.165) is 23.2 Å². The lowest BCUT2D eigenvalue weighted by molar-refractivity contribution is -0.384. The highest BCUT2D eigenvalue weighted by Gasteiger charge is 2.34. The summed E-state index contributed by atoms with van der Waals surface area (Å²) >= 11 is 12.5. The fraction of sp³-hybridized carbons (Fsp3) is 0.310. The van der Waals surface area contributed by atoms with E-state index in [1.54, 1.807) is 25.1 Å². The van der Waals surface area contributed by atoms with E-state index in [-0.39, 0.29) is 34.3 Å². The molecular weight excluding hydrogens is 603 g/mol. The van der Waals surface area contributed by atoms with Crippen molar-refractivity contribution in [3.05, 3.63) is 98.5 Å². The van der Waals surface area contributed by atoms with Crippen molar-refractivity contribution in [2.24, 2.45) is 0 Å². The van der Waals surface area contributed by atoms with Crippen LogP contribution < -0.4 is 9.62 Å². The van der Waals surface area contributed by atoms with Crippen molar-refractivity contribution in [1.82, 2.24) is 10.2 Å². The van der Waals surface area contributed by atoms with Gasteiger partial charge in [-0.15, -0.1) is 0 Å². The number of carbonyl (C=O) groups is 2. The highest BCUT2D eigenvalue weighted by Crippen LogP contribution is 2.28. The van der Waals surface area contributed by atoms with Crippen molar-refractivity contribution in [1.29, 1.82) is 0 Å². The maximum absolute atomic E-state index is 14.1. The van der Waals surface area contributed by atoms with Crippen LogP contribution in [0.3, 0.4) is 0 Å². The number of unbranched alkanes of at least 4 members (excludes halogenated alkanes) is 1. The predicted molar refractivity (Wildman–Crippen MR) is 163 cm³/mol. The van der Waals surface area contributed by atoms with Crippen molar-refractivity contribution in [3.8, 4) is 0 Å². The molecule has 10 nitrogen and oxygen atoms in total. The van der Waals surface area contributed by atoms with Crippen LogP contribution in [-0.2, 0) is 26.2 Å². The molecule has 3 aromatic carbocycles. The molecule has 0 heterocycles. The van der Waals surface area contributed by atoms with Gasteiger partial charge in [0.05, 0.1) is 15.5 Å². The molecule has 0 spiro atoms. The summed E-state index contributed by atoms with van der Waals surface area (Å²) in [6.45, 7) is 3.30. The molecule has 0 aliphatic carbocycles. The Morgan fingerprint density at radius 1 is 1.00 bits per heavy atom. The van der Waals surface area contributed by atoms with Crippen LogP contribution in [0.4, 0.5) is 11.4 Å². The Kier molecular flexibility index (Phi) is 11.7. The van der Waals surface area contributed by atoms with Gasteiger partial charge >= 0.3 is 0 Å². The van der Waals surface area contributed by atoms with Crippen LogP contribution in [0.25, 0.3) is 0 Å². The molecule has 42 heavy (non-hydrogen) atoms. The van der Waals surface area contributed by atoms with Crippen molar-refractivity contribution in [2.75, 3.05) is 17.4 Å². The molecule has 2 amide bonds. The number of carbonyl (C=O) groups excluding carboxylic acids is 2. The van der Waals surface area contributed by atoms with Crippen LogP contribution in [0.2, 0.25) is 10.0 Å². The number of hydrogen-bond donors (Lipinski definition) is 1. The number of sulfonamides is 1. The molecule has 3 aromatic rings. The SMILES string of the molecule is CCCCNC(=O)[C@@H](CC)N(Cc1ccc(Cl)cc1Cl)C(=O)CN(c1cccc([N+](=O)[O-])c1)S(=O)(=O)c1ccccc1. The summed E-state index contributed by atoms with van der Waals surface area (Å²) < 4.78 is 28.5. The number of nitrogens with zero attached hydrogens (tertiary/aromatic N) is 3. The van der Waals surface area contributed by atoms with E-state index in [1.807, 2.05) is 6.92 Å². The molecule has 0 unspecified atom stereocenters. The molecule has 224 valence electrons. The number of halogens is 2. The molecule has 1 atom stereocenters. The van der Waals surface area contributed by atoms with Gasteiger partial charge in [0, 0.05) is 35.3 Å². The number of nitro benzene ring substituents is 1. The number of nitro groups is 1. The average Bonchev–Trinajstić information content (AvgIpc) is 2.97. The van der Waals surface area contributed by atoms with Crippen LogP contribution in [0.1, 0.15) is 38.7 Å². The first-order chi connectivity index (χ1) is 20.0. The quantitative estimate of drug-likeness (QED) is 0.135. The first-order valence-electron chi connectivity index (χ1n) is 13.3. The third kappa shape index (κ3) is 8.21. The number of nitrogens with one attached hydrogen (secondary N) is 1. The molecule has 3 rings (SSSR count). The standard InChI is InChI=1S/C29H32Cl2N4O6S/c1-3-5-16-32-29(37)27(4-2)33(19-21-14-15-22(30)17-26(21)31)28(36)20-34(23-10-9-11-24(18-23)35(38)39)42(40,41)25-12-7-6-8-13-25/h6-15,17-18,27H,3-5,16,19-20H2,1-2H3,(H,32,37)/t27-/m1/s1. The lowest BCUT2D eigenvalue weighted by Crippen LogP contribution is -2.52. The maximum Gasteiger partial charge on any atom is 0.271 e. The topological polar surface area (TPSA) is 130 Å². The monoisotopic (exact) mass is 634 g/mol. The molecule has 0 fully saturated rings. The minimum atomic E-state index is -4.36. The number of amides is 2. The Morgan fingerprint density at radius 2 is 1.71 bits per heavy atom. The molecule has 1 N–H and O–H groups in total. The Bertz CT molecular complexity index is 1520. The van der Waals surface area contributed by atoms with E-state index in [0.29, 0.717) is 17.1 Å². The minimum Gasteiger partial charge on any atom is -0.354 e. The van der Waals surface area contributed by atoms with Crippen molar-refractivity contribution >= 4 is 56.4 Å². The molecule has 0 saturated carbocycles. The summed E-state index contributed by atoms with van der Waals surface area (Å²) in [6.07, 6.45) is 1.84. The van der Waals surface area contributed by atoms with Crippen LogP contribution in [0, 0.1) is 10.1 Å². The highest BCUT2D eigenvalue weighted by molar-refractivity contribution is 7.92. The fourth-order valence-corrected chi connectivity index (χ4v) is 6.16. The molecule has 0 radical (unpaired) electrons. The predicted octanol–water partition coefficient (Wildman–Crippen LogP) is 5.82. The number of hydrogen-bond acceptors (Lipinski definition) is 6. The zero-order valence-corrected chi connectivity index (χ0v) is 25.5. The van der Waals surface area contributed by atoms with Gasteiger partial charge in [0.2, 0.25) is 11.8 Å². The van der Waals surface area contributed by atoms with Gasteiger partial charge in [-0.05, 0) is 48.7 Å². The molecule has 0 bridgehead atoms. The van der Waals surface area contributed by atoms with Crippen molar-refractivity contribution in [3.63, 3.8) is 0 Å². The highest BCUT2D eigenvalue weighted by atomic mass is 35.5.